The number of hydrogen-bond acceptors (Lipinski definition) is 1. The molecule has 1 heterocycles. The highest BCUT2D eigenvalue weighted by Crippen LogP contribution is 2.46. The highest BCUT2D eigenvalue weighted by Gasteiger charge is 2.18. The lowest BCUT2D eigenvalue weighted by molar-refractivity contribution is 0.669. The van der Waals surface area contributed by atoms with E-state index in [1.54, 1.807) is 48.5 Å². The van der Waals surface area contributed by atoms with Gasteiger partial charge in [0.25, 0.3) is 0 Å². The maximum Gasteiger partial charge on any atom is 0.135 e. The molecule has 1 nitrogen and oxygen atoms in total. The number of hydrogen-bond donors (Lipinski definition) is 0. The summed E-state index contributed by atoms with van der Waals surface area (Å²) in [5.74, 6) is 0. The first kappa shape index (κ1) is 12.7. The molecule has 200 valence electrons. The largest absolute Gasteiger partial charge is 0.456 e. The van der Waals surface area contributed by atoms with Gasteiger partial charge in [-0.25, -0.2) is 0 Å². The predicted molar refractivity (Wildman–Crippen MR) is 183 cm³/mol. The smallest absolute Gasteiger partial charge is 0.135 e. The second-order valence-electron chi connectivity index (χ2n) is 9.97. The van der Waals surface area contributed by atoms with Gasteiger partial charge in [0.1, 0.15) is 11.2 Å². The van der Waals surface area contributed by atoms with Gasteiger partial charge >= 0.3 is 0 Å². The van der Waals surface area contributed by atoms with Crippen molar-refractivity contribution >= 4 is 54.3 Å². The van der Waals surface area contributed by atoms with Gasteiger partial charge in [-0.15, -0.1) is 0 Å². The van der Waals surface area contributed by atoms with Gasteiger partial charge in [-0.1, -0.05) is 139 Å². The van der Waals surface area contributed by atoms with Crippen LogP contribution in [0.3, 0.4) is 0 Å². The minimum Gasteiger partial charge on any atom is -0.456 e. The van der Waals surface area contributed by atoms with Crippen LogP contribution in [-0.2, 0) is 0 Å². The van der Waals surface area contributed by atoms with E-state index in [0.29, 0.717) is 38.4 Å². The topological polar surface area (TPSA) is 13.1 Å². The molecule has 0 aliphatic carbocycles. The molecule has 1 heteroatoms. The molecule has 0 aliphatic rings. The van der Waals surface area contributed by atoms with E-state index in [4.69, 9.17) is 22.2 Å². The maximum absolute atomic E-state index is 9.33. The number of rotatable bonds is 3. The van der Waals surface area contributed by atoms with Crippen LogP contribution in [-0.4, -0.2) is 0 Å². The predicted octanol–water partition coefficient (Wildman–Crippen LogP) is 12.0. The zero-order valence-corrected chi connectivity index (χ0v) is 22.1. The van der Waals surface area contributed by atoms with Gasteiger partial charge in [-0.05, 0) is 83.9 Å². The summed E-state index contributed by atoms with van der Waals surface area (Å²) in [5, 5.41) is 0.740. The molecule has 0 fully saturated rings. The molecule has 1 aromatic heterocycles. The van der Waals surface area contributed by atoms with Gasteiger partial charge < -0.3 is 4.42 Å². The Morgan fingerprint density at radius 1 is 0.372 bits per heavy atom. The summed E-state index contributed by atoms with van der Waals surface area (Å²) >= 11 is 0. The van der Waals surface area contributed by atoms with E-state index < -0.39 is 96.2 Å². The summed E-state index contributed by atoms with van der Waals surface area (Å²) < 4.78 is 154. The zero-order valence-electron chi connectivity index (χ0n) is 39.1. The molecule has 9 aromatic rings. The Morgan fingerprint density at radius 2 is 0.930 bits per heavy atom. The standard InChI is InChI=1S/C42H26O/c1-2-12-27(13-3-1)41-34-15-4-6-17-36(34)42(37-18-7-5-16-35(37)41)33-22-11-20-30-29(19-10-21-31(30)33)28-24-25-40-38(26-28)32-14-8-9-23-39(32)43-40/h1-26H/i1D,2D,3D,4D,5D,6D,7D,8D,9D,12D,13D,14D,15D,16D,17D,18D,23D. The number of benzene rings is 8. The van der Waals surface area contributed by atoms with Crippen LogP contribution in [0.25, 0.3) is 87.6 Å². The van der Waals surface area contributed by atoms with Crippen molar-refractivity contribution in [2.24, 2.45) is 0 Å². The molecule has 0 saturated carbocycles. The fraction of sp³-hybridized carbons (Fsp3) is 0. The van der Waals surface area contributed by atoms with E-state index in [1.165, 1.54) is 0 Å². The molecule has 0 atom stereocenters. The zero-order chi connectivity index (χ0) is 43.1. The van der Waals surface area contributed by atoms with Crippen molar-refractivity contribution < 1.29 is 27.7 Å². The lowest BCUT2D eigenvalue weighted by Crippen LogP contribution is -1.92. The third-order valence-corrected chi connectivity index (χ3v) is 7.74. The molecular formula is C42H26O. The van der Waals surface area contributed by atoms with E-state index in [9.17, 15) is 5.48 Å². The summed E-state index contributed by atoms with van der Waals surface area (Å²) in [7, 11) is 0. The Hall–Kier alpha value is -5.66. The molecule has 0 unspecified atom stereocenters. The van der Waals surface area contributed by atoms with Crippen molar-refractivity contribution in [2.75, 3.05) is 0 Å². The van der Waals surface area contributed by atoms with E-state index in [0.717, 1.165) is 0 Å². The molecule has 0 spiro atoms. The highest BCUT2D eigenvalue weighted by molar-refractivity contribution is 6.24. The van der Waals surface area contributed by atoms with Gasteiger partial charge in [0, 0.05) is 10.8 Å². The molecule has 0 amide bonds. The third-order valence-electron chi connectivity index (χ3n) is 7.74. The fourth-order valence-corrected chi connectivity index (χ4v) is 5.96. The van der Waals surface area contributed by atoms with Gasteiger partial charge in [0.05, 0.1) is 23.3 Å². The minimum atomic E-state index is -0.749. The molecule has 43 heavy (non-hydrogen) atoms. The molecule has 0 aliphatic heterocycles. The molecule has 0 bridgehead atoms. The lowest BCUT2D eigenvalue weighted by atomic mass is 9.84. The van der Waals surface area contributed by atoms with Crippen molar-refractivity contribution in [1.29, 1.82) is 0 Å². The molecule has 0 saturated heterocycles. The van der Waals surface area contributed by atoms with Crippen LogP contribution >= 0.6 is 0 Å². The Labute approximate surface area is 273 Å². The lowest BCUT2D eigenvalue weighted by Gasteiger charge is -2.19. The molecule has 9 rings (SSSR count). The molecule has 0 radical (unpaired) electrons. The van der Waals surface area contributed by atoms with Crippen molar-refractivity contribution in [3.63, 3.8) is 0 Å². The molecule has 0 N–H and O–H groups in total. The third kappa shape index (κ3) is 3.65. The summed E-state index contributed by atoms with van der Waals surface area (Å²) in [5.41, 5.74) is 1.05. The summed E-state index contributed by atoms with van der Waals surface area (Å²) in [6.45, 7) is 0. The second-order valence-corrected chi connectivity index (χ2v) is 9.97. The summed E-state index contributed by atoms with van der Waals surface area (Å²) in [6, 6.07) is 5.28. The normalized spacial score (nSPS) is 17.3. The van der Waals surface area contributed by atoms with Gasteiger partial charge in [0.2, 0.25) is 0 Å². The first-order valence-corrected chi connectivity index (χ1v) is 13.4. The van der Waals surface area contributed by atoms with Crippen LogP contribution < -0.4 is 0 Å². The van der Waals surface area contributed by atoms with E-state index >= 15 is 0 Å². The second kappa shape index (κ2) is 9.44. The first-order chi connectivity index (χ1) is 28.4. The maximum atomic E-state index is 9.33. The molecular weight excluding hydrogens is 520 g/mol. The molecule has 8 aromatic carbocycles. The number of furan rings is 1. The van der Waals surface area contributed by atoms with Crippen LogP contribution in [0.5, 0.6) is 0 Å². The van der Waals surface area contributed by atoms with Gasteiger partial charge in [-0.2, -0.15) is 0 Å². The fourth-order valence-electron chi connectivity index (χ4n) is 5.96. The van der Waals surface area contributed by atoms with Crippen molar-refractivity contribution in [1.82, 2.24) is 0 Å². The van der Waals surface area contributed by atoms with Crippen LogP contribution in [0.15, 0.2) is 162 Å². The number of fused-ring (bicyclic) bond motifs is 6. The van der Waals surface area contributed by atoms with Crippen LogP contribution in [0.1, 0.15) is 23.3 Å². The first-order valence-electron chi connectivity index (χ1n) is 21.9. The van der Waals surface area contributed by atoms with Crippen LogP contribution in [0.2, 0.25) is 0 Å². The summed E-state index contributed by atoms with van der Waals surface area (Å²) in [4.78, 5) is 0. The Bertz CT molecular complexity index is 3350. The van der Waals surface area contributed by atoms with E-state index in [1.807, 2.05) is 6.07 Å². The summed E-state index contributed by atoms with van der Waals surface area (Å²) in [6.07, 6.45) is 0. The average molecular weight is 564 g/mol. The Morgan fingerprint density at radius 3 is 1.63 bits per heavy atom. The quantitative estimate of drug-likeness (QED) is 0.195. The Balaban J connectivity index is 1.47. The average Bonchev–Trinajstić information content (AvgIpc) is 3.64. The Kier molecular flexibility index (Phi) is 2.79. The van der Waals surface area contributed by atoms with Crippen molar-refractivity contribution in [3.8, 4) is 33.4 Å². The monoisotopic (exact) mass is 563 g/mol. The van der Waals surface area contributed by atoms with E-state index in [2.05, 4.69) is 0 Å². The van der Waals surface area contributed by atoms with Crippen molar-refractivity contribution in [3.05, 3.63) is 157 Å². The van der Waals surface area contributed by atoms with Crippen LogP contribution in [0.4, 0.5) is 0 Å². The van der Waals surface area contributed by atoms with Crippen molar-refractivity contribution in [2.45, 2.75) is 0 Å². The van der Waals surface area contributed by atoms with Gasteiger partial charge in [-0.3, -0.25) is 0 Å². The van der Waals surface area contributed by atoms with Crippen LogP contribution in [0, 0.1) is 0 Å². The van der Waals surface area contributed by atoms with Gasteiger partial charge in [0.15, 0.2) is 0 Å². The SMILES string of the molecule is [2H]c1c([2H])c([2H])c(-c2c3c([2H])c([2H])c([2H])c([2H])c3c(-c3cccc4c(-c5ccc6oc7c([2H])c([2H])c([2H])c([2H])c7c6c5)cccc34)c3c([2H])c([2H])c([2H])c([2H])c23)c([2H])c1[2H]. The number of para-hydroxylation sites is 1. The highest BCUT2D eigenvalue weighted by atomic mass is 16.3. The van der Waals surface area contributed by atoms with E-state index in [-0.39, 0.29) is 55.7 Å². The minimum absolute atomic E-state index is 0.00476.